The first kappa shape index (κ1) is 12.1. The number of H-pyrrole nitrogens is 1. The Kier molecular flexibility index (Phi) is 3.95. The summed E-state index contributed by atoms with van der Waals surface area (Å²) in [7, 11) is 0. The van der Waals surface area contributed by atoms with E-state index < -0.39 is 21.9 Å². The summed E-state index contributed by atoms with van der Waals surface area (Å²) in [5.41, 5.74) is -2.34. The van der Waals surface area contributed by atoms with Crippen LogP contribution in [0.25, 0.3) is 0 Å². The lowest BCUT2D eigenvalue weighted by atomic mass is 10.5. The van der Waals surface area contributed by atoms with Gasteiger partial charge in [-0.05, 0) is 6.92 Å². The number of nitrogens with one attached hydrogen (secondary N) is 1. The summed E-state index contributed by atoms with van der Waals surface area (Å²) in [6.45, 7) is 2.68. The van der Waals surface area contributed by atoms with Gasteiger partial charge in [0, 0.05) is 6.61 Å². The van der Waals surface area contributed by atoms with Gasteiger partial charge in [-0.25, -0.2) is 4.79 Å². The summed E-state index contributed by atoms with van der Waals surface area (Å²) < 4.78 is 6.04. The van der Waals surface area contributed by atoms with E-state index in [1.54, 1.807) is 6.92 Å². The largest absolute Gasteiger partial charge is 0.380 e. The minimum absolute atomic E-state index is 0.157. The van der Waals surface area contributed by atoms with E-state index in [4.69, 9.17) is 4.74 Å². The van der Waals surface area contributed by atoms with E-state index in [0.717, 1.165) is 10.8 Å². The molecule has 0 aliphatic heterocycles. The zero-order valence-corrected chi connectivity index (χ0v) is 8.63. The molecule has 1 N–H and O–H groups in total. The molecular weight excluding hydrogens is 218 g/mol. The zero-order chi connectivity index (χ0) is 12.1. The van der Waals surface area contributed by atoms with Gasteiger partial charge in [-0.2, -0.15) is 0 Å². The molecule has 0 amide bonds. The van der Waals surface area contributed by atoms with Gasteiger partial charge in [0.2, 0.25) is 0 Å². The van der Waals surface area contributed by atoms with Crippen LogP contribution in [-0.4, -0.2) is 27.7 Å². The van der Waals surface area contributed by atoms with Crippen LogP contribution in [0.1, 0.15) is 6.92 Å². The van der Waals surface area contributed by atoms with Gasteiger partial charge in [0.1, 0.15) is 0 Å². The average molecular weight is 229 g/mol. The van der Waals surface area contributed by atoms with E-state index in [0.29, 0.717) is 6.61 Å². The Morgan fingerprint density at radius 3 is 2.81 bits per heavy atom. The minimum Gasteiger partial charge on any atom is -0.380 e. The molecule has 88 valence electrons. The molecule has 8 nitrogen and oxygen atoms in total. The van der Waals surface area contributed by atoms with Gasteiger partial charge in [0.05, 0.1) is 24.3 Å². The van der Waals surface area contributed by atoms with Gasteiger partial charge in [0.15, 0.2) is 0 Å². The molecule has 0 radical (unpaired) electrons. The van der Waals surface area contributed by atoms with E-state index in [1.165, 1.54) is 0 Å². The zero-order valence-electron chi connectivity index (χ0n) is 8.63. The maximum Gasteiger partial charge on any atom is 0.350 e. The maximum absolute atomic E-state index is 11.2. The van der Waals surface area contributed by atoms with Crippen molar-refractivity contribution >= 4 is 5.69 Å². The molecule has 0 unspecified atom stereocenters. The van der Waals surface area contributed by atoms with Gasteiger partial charge in [-0.1, -0.05) is 0 Å². The summed E-state index contributed by atoms with van der Waals surface area (Å²) in [5.74, 6) is 0. The van der Waals surface area contributed by atoms with Gasteiger partial charge in [-0.3, -0.25) is 24.5 Å². The number of aromatic nitrogens is 2. The quantitative estimate of drug-likeness (QED) is 0.415. The third kappa shape index (κ3) is 2.76. The normalized spacial score (nSPS) is 10.3. The Morgan fingerprint density at radius 2 is 2.25 bits per heavy atom. The van der Waals surface area contributed by atoms with Crippen LogP contribution in [0.4, 0.5) is 5.69 Å². The van der Waals surface area contributed by atoms with Crippen LogP contribution in [0.2, 0.25) is 0 Å². The topological polar surface area (TPSA) is 107 Å². The molecule has 1 heterocycles. The Labute approximate surface area is 89.6 Å². The van der Waals surface area contributed by atoms with Crippen LogP contribution in [0.3, 0.4) is 0 Å². The highest BCUT2D eigenvalue weighted by Crippen LogP contribution is 1.98. The fraction of sp³-hybridized carbons (Fsp3) is 0.500. The standard InChI is InChI=1S/C8H11N3O5/c1-2-16-4-3-10-5-6(11(14)15)7(12)9-8(10)13/h5H,2-4H2,1H3,(H,9,12,13). The third-order valence-electron chi connectivity index (χ3n) is 1.87. The SMILES string of the molecule is CCOCCn1cc([N+](=O)[O-])c(=O)[nH]c1=O. The minimum atomic E-state index is -0.998. The lowest BCUT2D eigenvalue weighted by Crippen LogP contribution is -2.31. The van der Waals surface area contributed by atoms with Crippen LogP contribution in [-0.2, 0) is 11.3 Å². The smallest absolute Gasteiger partial charge is 0.350 e. The summed E-state index contributed by atoms with van der Waals surface area (Å²) >= 11 is 0. The van der Waals surface area contributed by atoms with Gasteiger partial charge in [0.25, 0.3) is 0 Å². The predicted octanol–water partition coefficient (Wildman–Crippen LogP) is -0.519. The summed E-state index contributed by atoms with van der Waals surface area (Å²) in [6.07, 6.45) is 0.917. The number of rotatable bonds is 5. The summed E-state index contributed by atoms with van der Waals surface area (Å²) in [5, 5.41) is 10.5. The first-order chi connectivity index (χ1) is 7.56. The number of nitro groups is 1. The second-order valence-corrected chi connectivity index (χ2v) is 2.92. The van der Waals surface area contributed by atoms with Crippen LogP contribution in [0.15, 0.2) is 15.8 Å². The van der Waals surface area contributed by atoms with E-state index in [-0.39, 0.29) is 13.2 Å². The van der Waals surface area contributed by atoms with Crippen LogP contribution in [0, 0.1) is 10.1 Å². The Morgan fingerprint density at radius 1 is 1.56 bits per heavy atom. The predicted molar refractivity (Wildman–Crippen MR) is 54.5 cm³/mol. The second kappa shape index (κ2) is 5.21. The van der Waals surface area contributed by atoms with Crippen molar-refractivity contribution in [3.05, 3.63) is 37.1 Å². The van der Waals surface area contributed by atoms with Crippen molar-refractivity contribution in [2.75, 3.05) is 13.2 Å². The number of hydrogen-bond acceptors (Lipinski definition) is 5. The van der Waals surface area contributed by atoms with Crippen molar-refractivity contribution in [2.24, 2.45) is 0 Å². The Hall–Kier alpha value is -1.96. The molecule has 1 aromatic heterocycles. The lowest BCUT2D eigenvalue weighted by Gasteiger charge is -2.04. The molecule has 16 heavy (non-hydrogen) atoms. The Balaban J connectivity index is 3.01. The molecule has 0 bridgehead atoms. The molecule has 0 atom stereocenters. The van der Waals surface area contributed by atoms with Crippen LogP contribution >= 0.6 is 0 Å². The first-order valence-electron chi connectivity index (χ1n) is 4.62. The van der Waals surface area contributed by atoms with Crippen molar-refractivity contribution < 1.29 is 9.66 Å². The molecule has 0 fully saturated rings. The average Bonchev–Trinajstić information content (AvgIpc) is 2.21. The summed E-state index contributed by atoms with van der Waals surface area (Å²) in [4.78, 5) is 33.7. The van der Waals surface area contributed by atoms with E-state index >= 15 is 0 Å². The van der Waals surface area contributed by atoms with Crippen molar-refractivity contribution in [1.82, 2.24) is 9.55 Å². The van der Waals surface area contributed by atoms with Gasteiger partial charge < -0.3 is 4.74 Å². The third-order valence-corrected chi connectivity index (χ3v) is 1.87. The fourth-order valence-electron chi connectivity index (χ4n) is 1.10. The molecule has 1 aromatic rings. The number of aromatic amines is 1. The summed E-state index contributed by atoms with van der Waals surface area (Å²) in [6, 6.07) is 0. The molecule has 0 saturated heterocycles. The highest BCUT2D eigenvalue weighted by molar-refractivity contribution is 5.20. The van der Waals surface area contributed by atoms with Crippen molar-refractivity contribution in [2.45, 2.75) is 13.5 Å². The van der Waals surface area contributed by atoms with Gasteiger partial charge in [-0.15, -0.1) is 0 Å². The maximum atomic E-state index is 11.2. The number of ether oxygens (including phenoxy) is 1. The van der Waals surface area contributed by atoms with Crippen LogP contribution < -0.4 is 11.2 Å². The Bertz CT molecular complexity index is 489. The first-order valence-corrected chi connectivity index (χ1v) is 4.62. The molecule has 0 aliphatic rings. The second-order valence-electron chi connectivity index (χ2n) is 2.92. The van der Waals surface area contributed by atoms with E-state index in [1.807, 2.05) is 4.98 Å². The molecular formula is C8H11N3O5. The fourth-order valence-corrected chi connectivity index (χ4v) is 1.10. The molecule has 0 saturated carbocycles. The van der Waals surface area contributed by atoms with E-state index in [2.05, 4.69) is 0 Å². The molecule has 0 spiro atoms. The number of hydrogen-bond donors (Lipinski definition) is 1. The highest BCUT2D eigenvalue weighted by atomic mass is 16.6. The van der Waals surface area contributed by atoms with Crippen molar-refractivity contribution in [3.8, 4) is 0 Å². The highest BCUT2D eigenvalue weighted by Gasteiger charge is 2.14. The van der Waals surface area contributed by atoms with Gasteiger partial charge >= 0.3 is 16.9 Å². The molecule has 1 rings (SSSR count). The van der Waals surface area contributed by atoms with Crippen molar-refractivity contribution in [3.63, 3.8) is 0 Å². The van der Waals surface area contributed by atoms with Crippen LogP contribution in [0.5, 0.6) is 0 Å². The van der Waals surface area contributed by atoms with E-state index in [9.17, 15) is 19.7 Å². The van der Waals surface area contributed by atoms with Crippen molar-refractivity contribution in [1.29, 1.82) is 0 Å². The molecule has 8 heteroatoms. The molecule has 0 aromatic carbocycles. The lowest BCUT2D eigenvalue weighted by molar-refractivity contribution is -0.386. The number of nitrogens with zero attached hydrogens (tertiary/aromatic N) is 2. The monoisotopic (exact) mass is 229 g/mol. The molecule has 0 aliphatic carbocycles.